The molecule has 1 aliphatic carbocycles. The van der Waals surface area contributed by atoms with Gasteiger partial charge in [-0.3, -0.25) is 4.79 Å². The van der Waals surface area contributed by atoms with Gasteiger partial charge in [0.05, 0.1) is 6.26 Å². The van der Waals surface area contributed by atoms with Gasteiger partial charge in [0.2, 0.25) is 15.9 Å². The van der Waals surface area contributed by atoms with Gasteiger partial charge in [0.1, 0.15) is 5.54 Å². The Morgan fingerprint density at radius 2 is 1.64 bits per heavy atom. The van der Waals surface area contributed by atoms with Crippen LogP contribution in [0.2, 0.25) is 0 Å². The van der Waals surface area contributed by atoms with E-state index in [4.69, 9.17) is 0 Å². The van der Waals surface area contributed by atoms with Gasteiger partial charge in [0.15, 0.2) is 0 Å². The number of nitrogens with one attached hydrogen (secondary N) is 2. The largest absolute Gasteiger partial charge is 0.338 e. The minimum Gasteiger partial charge on any atom is -0.338 e. The second kappa shape index (κ2) is 8.48. The van der Waals surface area contributed by atoms with Crippen molar-refractivity contribution in [2.45, 2.75) is 37.8 Å². The van der Waals surface area contributed by atoms with Crippen LogP contribution in [-0.2, 0) is 21.4 Å². The molecule has 0 atom stereocenters. The number of benzene rings is 1. The van der Waals surface area contributed by atoms with Crippen molar-refractivity contribution in [1.82, 2.24) is 19.8 Å². The molecule has 1 aliphatic heterocycles. The van der Waals surface area contributed by atoms with Gasteiger partial charge in [-0.1, -0.05) is 43.2 Å². The maximum atomic E-state index is 13.2. The number of rotatable bonds is 5. The van der Waals surface area contributed by atoms with Gasteiger partial charge in [0, 0.05) is 32.7 Å². The van der Waals surface area contributed by atoms with Crippen molar-refractivity contribution in [3.05, 3.63) is 35.9 Å². The van der Waals surface area contributed by atoms with Crippen molar-refractivity contribution < 1.29 is 18.0 Å². The van der Waals surface area contributed by atoms with Crippen LogP contribution >= 0.6 is 0 Å². The number of carbonyl (C=O) groups excluding carboxylic acids is 2. The second-order valence-corrected chi connectivity index (χ2v) is 9.52. The average molecular weight is 409 g/mol. The third kappa shape index (κ3) is 4.82. The van der Waals surface area contributed by atoms with E-state index >= 15 is 0 Å². The number of carbonyl (C=O) groups is 2. The molecule has 154 valence electrons. The molecule has 2 N–H and O–H groups in total. The highest BCUT2D eigenvalue weighted by Gasteiger charge is 2.45. The van der Waals surface area contributed by atoms with Crippen LogP contribution in [0, 0.1) is 0 Å². The Morgan fingerprint density at radius 3 is 2.21 bits per heavy atom. The van der Waals surface area contributed by atoms with Gasteiger partial charge in [0.25, 0.3) is 0 Å². The minimum absolute atomic E-state index is 0.104. The Balaban J connectivity index is 1.60. The highest BCUT2D eigenvalue weighted by molar-refractivity contribution is 7.88. The molecule has 0 unspecified atom stereocenters. The molecule has 0 aromatic heterocycles. The number of nitrogens with zero attached hydrogens (tertiary/aromatic N) is 2. The molecule has 0 radical (unpaired) electrons. The van der Waals surface area contributed by atoms with E-state index in [1.165, 1.54) is 10.6 Å². The molecule has 1 heterocycles. The first kappa shape index (κ1) is 20.6. The van der Waals surface area contributed by atoms with E-state index in [1.54, 1.807) is 4.90 Å². The Labute approximate surface area is 166 Å². The van der Waals surface area contributed by atoms with Crippen LogP contribution in [0.15, 0.2) is 30.3 Å². The molecule has 1 saturated carbocycles. The Morgan fingerprint density at radius 1 is 1.04 bits per heavy atom. The summed E-state index contributed by atoms with van der Waals surface area (Å²) in [6.45, 7) is 1.67. The average Bonchev–Trinajstić information content (AvgIpc) is 3.15. The summed E-state index contributed by atoms with van der Waals surface area (Å²) in [6, 6.07) is 9.24. The molecule has 28 heavy (non-hydrogen) atoms. The van der Waals surface area contributed by atoms with Crippen LogP contribution in [-0.4, -0.2) is 67.5 Å². The molecule has 8 nitrogen and oxygen atoms in total. The predicted molar refractivity (Wildman–Crippen MR) is 106 cm³/mol. The lowest BCUT2D eigenvalue weighted by Crippen LogP contribution is -2.62. The summed E-state index contributed by atoms with van der Waals surface area (Å²) in [5.74, 6) is -0.104. The van der Waals surface area contributed by atoms with Gasteiger partial charge in [-0.2, -0.15) is 4.31 Å². The van der Waals surface area contributed by atoms with E-state index < -0.39 is 15.6 Å². The normalized spacial score (nSPS) is 20.0. The molecule has 3 amide bonds. The minimum atomic E-state index is -3.25. The first-order chi connectivity index (χ1) is 13.3. The summed E-state index contributed by atoms with van der Waals surface area (Å²) in [7, 11) is -3.25. The zero-order valence-corrected chi connectivity index (χ0v) is 17.0. The second-order valence-electron chi connectivity index (χ2n) is 7.54. The molecule has 0 bridgehead atoms. The number of urea groups is 1. The molecule has 1 saturated heterocycles. The number of hydrogen-bond acceptors (Lipinski definition) is 4. The first-order valence-electron chi connectivity index (χ1n) is 9.65. The summed E-state index contributed by atoms with van der Waals surface area (Å²) in [4.78, 5) is 27.4. The summed E-state index contributed by atoms with van der Waals surface area (Å²) in [6.07, 6.45) is 4.16. The summed E-state index contributed by atoms with van der Waals surface area (Å²) >= 11 is 0. The Kier molecular flexibility index (Phi) is 6.24. The molecule has 1 aromatic rings. The lowest BCUT2D eigenvalue weighted by Gasteiger charge is -2.39. The zero-order valence-electron chi connectivity index (χ0n) is 16.2. The Bertz CT molecular complexity index is 798. The fourth-order valence-electron chi connectivity index (χ4n) is 3.94. The van der Waals surface area contributed by atoms with E-state index in [0.717, 1.165) is 18.4 Å². The fraction of sp³-hybridized carbons (Fsp3) is 0.579. The van der Waals surface area contributed by atoms with Crippen LogP contribution in [0.4, 0.5) is 4.79 Å². The highest BCUT2D eigenvalue weighted by Crippen LogP contribution is 2.32. The predicted octanol–water partition coefficient (Wildman–Crippen LogP) is 0.902. The monoisotopic (exact) mass is 408 g/mol. The SMILES string of the molecule is CS(=O)(=O)N1CCN(C(=O)C2(NC(=O)NCc3ccccc3)CCCC2)CC1. The molecule has 0 spiro atoms. The van der Waals surface area contributed by atoms with Crippen molar-refractivity contribution in [3.8, 4) is 0 Å². The van der Waals surface area contributed by atoms with Crippen LogP contribution < -0.4 is 10.6 Å². The van der Waals surface area contributed by atoms with Crippen LogP contribution in [0.3, 0.4) is 0 Å². The summed E-state index contributed by atoms with van der Waals surface area (Å²) in [5.41, 5.74) is 0.0925. The van der Waals surface area contributed by atoms with Crippen LogP contribution in [0.25, 0.3) is 0 Å². The van der Waals surface area contributed by atoms with Crippen molar-refractivity contribution in [3.63, 3.8) is 0 Å². The number of amides is 3. The van der Waals surface area contributed by atoms with Gasteiger partial charge in [-0.25, -0.2) is 13.2 Å². The molecule has 9 heteroatoms. The topological polar surface area (TPSA) is 98.8 Å². The molecular formula is C19H28N4O4S. The smallest absolute Gasteiger partial charge is 0.315 e. The van der Waals surface area contributed by atoms with Gasteiger partial charge in [-0.05, 0) is 18.4 Å². The van der Waals surface area contributed by atoms with Crippen LogP contribution in [0.1, 0.15) is 31.2 Å². The summed E-state index contributed by atoms with van der Waals surface area (Å²) in [5, 5.41) is 5.76. The first-order valence-corrected chi connectivity index (χ1v) is 11.5. The van der Waals surface area contributed by atoms with Crippen molar-refractivity contribution in [1.29, 1.82) is 0 Å². The zero-order chi connectivity index (χ0) is 20.2. The van der Waals surface area contributed by atoms with E-state index in [9.17, 15) is 18.0 Å². The standard InChI is InChI=1S/C19H28N4O4S/c1-28(26,27)23-13-11-22(12-14-23)17(24)19(9-5-6-10-19)21-18(25)20-15-16-7-3-2-4-8-16/h2-4,7-8H,5-6,9-15H2,1H3,(H2,20,21,25). The van der Waals surface area contributed by atoms with Crippen molar-refractivity contribution in [2.75, 3.05) is 32.4 Å². The van der Waals surface area contributed by atoms with E-state index in [-0.39, 0.29) is 11.9 Å². The lowest BCUT2D eigenvalue weighted by molar-refractivity contribution is -0.139. The summed E-state index contributed by atoms with van der Waals surface area (Å²) < 4.78 is 24.7. The van der Waals surface area contributed by atoms with Crippen molar-refractivity contribution in [2.24, 2.45) is 0 Å². The molecule has 2 fully saturated rings. The molecule has 1 aromatic carbocycles. The molecular weight excluding hydrogens is 380 g/mol. The molecule has 2 aliphatic rings. The maximum absolute atomic E-state index is 13.2. The van der Waals surface area contributed by atoms with Gasteiger partial charge >= 0.3 is 6.03 Å². The van der Waals surface area contributed by atoms with E-state index in [2.05, 4.69) is 10.6 Å². The number of piperazine rings is 1. The van der Waals surface area contributed by atoms with E-state index in [1.807, 2.05) is 30.3 Å². The van der Waals surface area contributed by atoms with Gasteiger partial charge < -0.3 is 15.5 Å². The van der Waals surface area contributed by atoms with Crippen LogP contribution in [0.5, 0.6) is 0 Å². The fourth-order valence-corrected chi connectivity index (χ4v) is 4.76. The van der Waals surface area contributed by atoms with Gasteiger partial charge in [-0.15, -0.1) is 0 Å². The van der Waals surface area contributed by atoms with E-state index in [0.29, 0.717) is 45.6 Å². The Hall–Kier alpha value is -2.13. The number of sulfonamides is 1. The third-order valence-electron chi connectivity index (χ3n) is 5.51. The maximum Gasteiger partial charge on any atom is 0.315 e. The number of hydrogen-bond donors (Lipinski definition) is 2. The highest BCUT2D eigenvalue weighted by atomic mass is 32.2. The quantitative estimate of drug-likeness (QED) is 0.756. The molecule has 3 rings (SSSR count). The van der Waals surface area contributed by atoms with Crippen molar-refractivity contribution >= 4 is 22.0 Å². The third-order valence-corrected chi connectivity index (χ3v) is 6.81. The lowest BCUT2D eigenvalue weighted by atomic mass is 9.95.